The zero-order chi connectivity index (χ0) is 63.8. The van der Waals surface area contributed by atoms with Gasteiger partial charge in [-0.05, 0) is 151 Å². The number of nitrogens with one attached hydrogen (secondary N) is 1. The number of anilines is 7. The molecule has 6 aliphatic rings. The second-order valence-corrected chi connectivity index (χ2v) is 27.2. The third-order valence-corrected chi connectivity index (χ3v) is 22.3. The van der Waals surface area contributed by atoms with Crippen LogP contribution in [0, 0.1) is 0 Å². The summed E-state index contributed by atoms with van der Waals surface area (Å²) in [5, 5.41) is 10.6. The molecule has 0 spiro atoms. The van der Waals surface area contributed by atoms with Gasteiger partial charge in [0.15, 0.2) is 0 Å². The largest absolute Gasteiger partial charge is 0.458 e. The summed E-state index contributed by atoms with van der Waals surface area (Å²) in [5.74, 6) is 4.67. The molecule has 0 radical (unpaired) electrons. The fraction of sp³-hybridized carbons (Fsp3) is 0.0118. The highest BCUT2D eigenvalue weighted by molar-refractivity contribution is 8.00. The normalized spacial score (nSPS) is 13.8. The van der Waals surface area contributed by atoms with Gasteiger partial charge in [-0.15, -0.1) is 0 Å². The van der Waals surface area contributed by atoms with Crippen molar-refractivity contribution in [1.29, 1.82) is 0 Å². The van der Waals surface area contributed by atoms with Crippen molar-refractivity contribution < 1.29 is 27.5 Å². The molecule has 0 aliphatic carbocycles. The number of furan rings is 3. The summed E-state index contributed by atoms with van der Waals surface area (Å²) < 4.78 is 44.9. The van der Waals surface area contributed by atoms with E-state index in [4.69, 9.17) is 27.5 Å². The van der Waals surface area contributed by atoms with Crippen LogP contribution in [0.2, 0.25) is 0 Å². The van der Waals surface area contributed by atoms with E-state index in [1.807, 2.05) is 30.3 Å². The van der Waals surface area contributed by atoms with Crippen molar-refractivity contribution in [2.45, 2.75) is 0 Å². The fourth-order valence-corrected chi connectivity index (χ4v) is 18.1. The number of fused-ring (bicyclic) bond motifs is 21. The summed E-state index contributed by atoms with van der Waals surface area (Å²) in [6, 6.07) is 95.7. The third kappa shape index (κ3) is 7.19. The van der Waals surface area contributed by atoms with Crippen molar-refractivity contribution in [1.82, 2.24) is 0 Å². The molecule has 9 nitrogen and oxygen atoms in total. The van der Waals surface area contributed by atoms with E-state index in [2.05, 4.69) is 257 Å². The lowest BCUT2D eigenvalue weighted by Gasteiger charge is -2.42. The van der Waals surface area contributed by atoms with Gasteiger partial charge in [-0.2, -0.15) is 0 Å². The van der Waals surface area contributed by atoms with Crippen molar-refractivity contribution in [2.75, 3.05) is 20.8 Å². The van der Waals surface area contributed by atoms with Gasteiger partial charge in [0.05, 0.1) is 11.4 Å². The Morgan fingerprint density at radius 1 is 0.306 bits per heavy atom. The molecule has 98 heavy (non-hydrogen) atoms. The van der Waals surface area contributed by atoms with E-state index in [0.29, 0.717) is 0 Å². The molecule has 0 atom stereocenters. The number of para-hydroxylation sites is 9. The van der Waals surface area contributed by atoms with E-state index < -0.39 is 0 Å². The first-order valence-corrected chi connectivity index (χ1v) is 34.5. The molecule has 0 fully saturated rings. The Bertz CT molecular complexity index is 6460. The molecule has 0 saturated heterocycles. The molecule has 14 aromatic carbocycles. The monoisotopic (exact) mass is 1270 g/mol. The summed E-state index contributed by atoms with van der Waals surface area (Å²) >= 11 is 1.68. The summed E-state index contributed by atoms with van der Waals surface area (Å²) in [6.45, 7) is -0.678. The van der Waals surface area contributed by atoms with Crippen LogP contribution in [0.15, 0.2) is 280 Å². The fourth-order valence-electron chi connectivity index (χ4n) is 17.4. The van der Waals surface area contributed by atoms with Crippen LogP contribution in [0.4, 0.5) is 39.8 Å². The zero-order valence-electron chi connectivity index (χ0n) is 52.4. The highest BCUT2D eigenvalue weighted by Gasteiger charge is 2.49. The maximum Gasteiger partial charge on any atom is 0.260 e. The summed E-state index contributed by atoms with van der Waals surface area (Å²) in [5.41, 5.74) is 28.5. The maximum atomic E-state index is 7.58. The molecule has 17 aromatic rings. The molecule has 9 heterocycles. The third-order valence-electron chi connectivity index (χ3n) is 21.5. The van der Waals surface area contributed by atoms with Crippen LogP contribution in [-0.4, -0.2) is 26.4 Å². The molecule has 454 valence electrons. The first kappa shape index (κ1) is 53.1. The number of nitrogens with zero attached hydrogens (tertiary/aromatic N) is 2. The molecule has 1 N–H and O–H groups in total. The average Bonchev–Trinajstić information content (AvgIpc) is 0.971. The van der Waals surface area contributed by atoms with Crippen LogP contribution >= 0.6 is 11.9 Å². The first-order valence-electron chi connectivity index (χ1n) is 33.3. The minimum Gasteiger partial charge on any atom is -0.458 e. The number of hydrogen-bond acceptors (Lipinski definition) is 10. The molecule has 3 aromatic heterocycles. The van der Waals surface area contributed by atoms with Gasteiger partial charge in [0.25, 0.3) is 20.1 Å². The molecule has 0 saturated carbocycles. The highest BCUT2D eigenvalue weighted by Crippen LogP contribution is 2.50. The number of hydrogen-bond donors (Lipinski definition) is 1. The second-order valence-electron chi connectivity index (χ2n) is 26.5. The van der Waals surface area contributed by atoms with Gasteiger partial charge in [-0.3, -0.25) is 4.31 Å². The Morgan fingerprint density at radius 2 is 0.786 bits per heavy atom. The van der Waals surface area contributed by atoms with Gasteiger partial charge in [0.2, 0.25) is 0 Å². The van der Waals surface area contributed by atoms with E-state index in [9.17, 15) is 0 Å². The van der Waals surface area contributed by atoms with Gasteiger partial charge < -0.3 is 37.7 Å². The molecule has 0 amide bonds. The molecule has 0 unspecified atom stereocenters. The standard InChI is InChI=1S/C85H48B3N3O6S/c1-98-91-68-45-76-64(43-62(68)87-60-30-9-14-35-74(60)92-77-39-47(38-70(91)81(77)87)51-24-16-27-57-54-21-6-12-33-72(54)96-84(51)57)88-63-42-61-65(44-75(63)93-78-40-48(41-79(94-76)82(78)88)52-25-17-28-58-55-22-7-13-34-73(55)97-85(52)58)89-66-36-46(50-23-15-26-56-53-20-5-11-32-71(53)95-83(50)56)37-69-80(66)86(61)59-29-8-10-31-67(59)90(69)49-18-3-2-4-19-49/h2-45,89H,1H3. The van der Waals surface area contributed by atoms with Gasteiger partial charge in [0, 0.05) is 101 Å². The molecule has 23 rings (SSSR count). The van der Waals surface area contributed by atoms with Crippen LogP contribution in [0.5, 0.6) is 34.5 Å². The van der Waals surface area contributed by atoms with Crippen LogP contribution in [0.25, 0.3) is 99.2 Å². The average molecular weight is 1270 g/mol. The van der Waals surface area contributed by atoms with E-state index in [-0.39, 0.29) is 20.1 Å². The van der Waals surface area contributed by atoms with E-state index >= 15 is 0 Å². The highest BCUT2D eigenvalue weighted by atomic mass is 32.2. The van der Waals surface area contributed by atoms with Crippen molar-refractivity contribution in [2.24, 2.45) is 0 Å². The molecular formula is C85H48B3N3O6S. The van der Waals surface area contributed by atoms with Gasteiger partial charge in [-0.25, -0.2) is 0 Å². The topological polar surface area (TPSA) is 85.6 Å². The lowest BCUT2D eigenvalue weighted by molar-refractivity contribution is 0.465. The van der Waals surface area contributed by atoms with Crippen molar-refractivity contribution >= 4 is 187 Å². The summed E-state index contributed by atoms with van der Waals surface area (Å²) in [7, 11) is 0. The van der Waals surface area contributed by atoms with Gasteiger partial charge in [-0.1, -0.05) is 176 Å². The van der Waals surface area contributed by atoms with Crippen molar-refractivity contribution in [3.63, 3.8) is 0 Å². The molecule has 0 bridgehead atoms. The van der Waals surface area contributed by atoms with Crippen molar-refractivity contribution in [3.05, 3.63) is 267 Å². The van der Waals surface area contributed by atoms with E-state index in [0.717, 1.165) is 206 Å². The smallest absolute Gasteiger partial charge is 0.260 e. The summed E-state index contributed by atoms with van der Waals surface area (Å²) in [4.78, 5) is 2.45. The first-order chi connectivity index (χ1) is 48.5. The van der Waals surface area contributed by atoms with Crippen LogP contribution in [0.3, 0.4) is 0 Å². The number of benzene rings is 14. The Balaban J connectivity index is 0.750. The van der Waals surface area contributed by atoms with Crippen molar-refractivity contribution in [3.8, 4) is 67.9 Å². The van der Waals surface area contributed by atoms with E-state index in [1.54, 1.807) is 11.9 Å². The van der Waals surface area contributed by atoms with Gasteiger partial charge >= 0.3 is 0 Å². The molecular weight excluding hydrogens is 1220 g/mol. The maximum absolute atomic E-state index is 7.58. The SMILES string of the molecule is CSN1c2cc3c(cc2B2c4ccccc4Oc4cc(-c5cccc6c5oc5ccccc56)cc1c42)B1c2cc4c(cc2Oc2cc(-c5cccc6c5oc5ccccc56)cc(c21)O3)Nc1cc(-c2cccc3c2oc2ccccc23)cc2c1B4c1ccccc1N2c1ccccc1. The Labute approximate surface area is 566 Å². The molecule has 13 heteroatoms. The van der Waals surface area contributed by atoms with Crippen LogP contribution in [-0.2, 0) is 0 Å². The summed E-state index contributed by atoms with van der Waals surface area (Å²) in [6.07, 6.45) is 2.16. The predicted octanol–water partition coefficient (Wildman–Crippen LogP) is 16.8. The minimum absolute atomic E-state index is 0.170. The Hall–Kier alpha value is -12.2. The quantitative estimate of drug-likeness (QED) is 0.133. The predicted molar refractivity (Wildman–Crippen MR) is 405 cm³/mol. The van der Waals surface area contributed by atoms with Crippen LogP contribution < -0.4 is 77.9 Å². The second kappa shape index (κ2) is 19.5. The lowest BCUT2D eigenvalue weighted by Crippen LogP contribution is -2.64. The Kier molecular flexibility index (Phi) is 10.6. The lowest BCUT2D eigenvalue weighted by atomic mass is 9.30. The van der Waals surface area contributed by atoms with E-state index in [1.165, 1.54) is 16.4 Å². The number of ether oxygens (including phenoxy) is 3. The minimum atomic E-state index is -0.323. The van der Waals surface area contributed by atoms with Crippen LogP contribution in [0.1, 0.15) is 0 Å². The number of rotatable bonds is 5. The van der Waals surface area contributed by atoms with Gasteiger partial charge in [0.1, 0.15) is 68.0 Å². The molecule has 6 aliphatic heterocycles. The zero-order valence-corrected chi connectivity index (χ0v) is 53.2. The Morgan fingerprint density at radius 3 is 1.42 bits per heavy atom.